The lowest BCUT2D eigenvalue weighted by molar-refractivity contribution is -0.121. The van der Waals surface area contributed by atoms with E-state index in [1.807, 2.05) is 52.0 Å². The minimum atomic E-state index is -0.207. The Morgan fingerprint density at radius 2 is 1.95 bits per heavy atom. The molecular weight excluding hydrogens is 278 g/mol. The molecule has 0 aliphatic carbocycles. The predicted molar refractivity (Wildman–Crippen MR) is 85.7 cm³/mol. The summed E-state index contributed by atoms with van der Waals surface area (Å²) >= 11 is 0. The standard InChI is InChI=1S/C16H23N5O/c1-12(17-11-15(22)19-16(2,3)4)13-5-7-14(8-6-13)21-10-9-18-20-21/h5-10,12,17H,11H2,1-4H3,(H,19,22)/t12-/m0/s1. The van der Waals surface area contributed by atoms with Crippen molar-refractivity contribution in [1.82, 2.24) is 25.6 Å². The molecule has 0 saturated carbocycles. The summed E-state index contributed by atoms with van der Waals surface area (Å²) in [5, 5.41) is 13.9. The predicted octanol–water partition coefficient (Wildman–Crippen LogP) is 1.83. The molecule has 0 aliphatic heterocycles. The van der Waals surface area contributed by atoms with Crippen molar-refractivity contribution in [2.24, 2.45) is 0 Å². The van der Waals surface area contributed by atoms with Gasteiger partial charge in [0.25, 0.3) is 0 Å². The lowest BCUT2D eigenvalue weighted by Crippen LogP contribution is -2.45. The van der Waals surface area contributed by atoms with Gasteiger partial charge in [0.1, 0.15) is 0 Å². The molecule has 1 aromatic heterocycles. The van der Waals surface area contributed by atoms with Gasteiger partial charge in [-0.1, -0.05) is 17.3 Å². The number of aromatic nitrogens is 3. The van der Waals surface area contributed by atoms with Gasteiger partial charge in [-0.3, -0.25) is 4.79 Å². The van der Waals surface area contributed by atoms with Crippen molar-refractivity contribution in [3.8, 4) is 5.69 Å². The first-order valence-electron chi connectivity index (χ1n) is 7.36. The fraction of sp³-hybridized carbons (Fsp3) is 0.438. The number of nitrogens with zero attached hydrogens (tertiary/aromatic N) is 3. The van der Waals surface area contributed by atoms with Gasteiger partial charge >= 0.3 is 0 Å². The number of carbonyl (C=O) groups excluding carboxylic acids is 1. The quantitative estimate of drug-likeness (QED) is 0.884. The number of carbonyl (C=O) groups is 1. The Kier molecular flexibility index (Phi) is 4.92. The van der Waals surface area contributed by atoms with E-state index in [-0.39, 0.29) is 17.5 Å². The van der Waals surface area contributed by atoms with Crippen molar-refractivity contribution >= 4 is 5.91 Å². The maximum absolute atomic E-state index is 11.8. The topological polar surface area (TPSA) is 71.8 Å². The normalized spacial score (nSPS) is 12.9. The zero-order valence-corrected chi connectivity index (χ0v) is 13.5. The average molecular weight is 301 g/mol. The zero-order chi connectivity index (χ0) is 16.2. The van der Waals surface area contributed by atoms with Gasteiger partial charge in [-0.25, -0.2) is 4.68 Å². The van der Waals surface area contributed by atoms with Crippen molar-refractivity contribution in [3.05, 3.63) is 42.2 Å². The second-order valence-corrected chi connectivity index (χ2v) is 6.34. The van der Waals surface area contributed by atoms with Crippen LogP contribution in [-0.2, 0) is 4.79 Å². The van der Waals surface area contributed by atoms with Crippen LogP contribution in [-0.4, -0.2) is 33.0 Å². The molecule has 0 saturated heterocycles. The van der Waals surface area contributed by atoms with E-state index in [2.05, 4.69) is 20.9 Å². The minimum Gasteiger partial charge on any atom is -0.350 e. The van der Waals surface area contributed by atoms with Gasteiger partial charge in [0.15, 0.2) is 0 Å². The van der Waals surface area contributed by atoms with Gasteiger partial charge in [0, 0.05) is 11.6 Å². The van der Waals surface area contributed by atoms with Crippen LogP contribution in [0.15, 0.2) is 36.7 Å². The highest BCUT2D eigenvalue weighted by Crippen LogP contribution is 2.14. The molecule has 2 aromatic rings. The summed E-state index contributed by atoms with van der Waals surface area (Å²) in [6.07, 6.45) is 3.44. The average Bonchev–Trinajstić information content (AvgIpc) is 2.97. The summed E-state index contributed by atoms with van der Waals surface area (Å²) in [4.78, 5) is 11.8. The van der Waals surface area contributed by atoms with Crippen molar-refractivity contribution in [2.75, 3.05) is 6.54 Å². The molecular formula is C16H23N5O. The maximum Gasteiger partial charge on any atom is 0.234 e. The van der Waals surface area contributed by atoms with Crippen molar-refractivity contribution < 1.29 is 4.79 Å². The SMILES string of the molecule is C[C@H](NCC(=O)NC(C)(C)C)c1ccc(-n2ccnn2)cc1. The van der Waals surface area contributed by atoms with Crippen molar-refractivity contribution in [3.63, 3.8) is 0 Å². The van der Waals surface area contributed by atoms with Gasteiger partial charge in [0.2, 0.25) is 5.91 Å². The van der Waals surface area contributed by atoms with E-state index >= 15 is 0 Å². The van der Waals surface area contributed by atoms with E-state index in [0.29, 0.717) is 6.54 Å². The highest BCUT2D eigenvalue weighted by Gasteiger charge is 2.14. The monoisotopic (exact) mass is 301 g/mol. The summed E-state index contributed by atoms with van der Waals surface area (Å²) in [5.41, 5.74) is 1.87. The highest BCUT2D eigenvalue weighted by molar-refractivity contribution is 5.78. The Hall–Kier alpha value is -2.21. The van der Waals surface area contributed by atoms with Crippen LogP contribution in [0, 0.1) is 0 Å². The molecule has 1 heterocycles. The molecule has 0 unspecified atom stereocenters. The maximum atomic E-state index is 11.8. The van der Waals surface area contributed by atoms with Crippen LogP contribution in [0.25, 0.3) is 5.69 Å². The summed E-state index contributed by atoms with van der Waals surface area (Å²) in [7, 11) is 0. The number of nitrogens with one attached hydrogen (secondary N) is 2. The molecule has 1 amide bonds. The number of amides is 1. The summed E-state index contributed by atoms with van der Waals surface area (Å²) in [6.45, 7) is 8.24. The van der Waals surface area contributed by atoms with Crippen LogP contribution < -0.4 is 10.6 Å². The lowest BCUT2D eigenvalue weighted by Gasteiger charge is -2.21. The number of rotatable bonds is 5. The molecule has 1 atom stereocenters. The van der Waals surface area contributed by atoms with Crippen LogP contribution in [0.3, 0.4) is 0 Å². The molecule has 6 heteroatoms. The van der Waals surface area contributed by atoms with E-state index < -0.39 is 0 Å². The van der Waals surface area contributed by atoms with Gasteiger partial charge in [0.05, 0.1) is 24.6 Å². The third-order valence-corrected chi connectivity index (χ3v) is 3.16. The van der Waals surface area contributed by atoms with Gasteiger partial charge in [-0.05, 0) is 45.4 Å². The third kappa shape index (κ3) is 4.66. The molecule has 2 N–H and O–H groups in total. The Morgan fingerprint density at radius 1 is 1.27 bits per heavy atom. The number of hydrogen-bond donors (Lipinski definition) is 2. The first-order chi connectivity index (χ1) is 10.3. The smallest absolute Gasteiger partial charge is 0.234 e. The van der Waals surface area contributed by atoms with Crippen LogP contribution in [0.2, 0.25) is 0 Å². The molecule has 0 bridgehead atoms. The van der Waals surface area contributed by atoms with E-state index in [1.165, 1.54) is 0 Å². The molecule has 0 aliphatic rings. The molecule has 0 radical (unpaired) electrons. The van der Waals surface area contributed by atoms with Crippen LogP contribution in [0.5, 0.6) is 0 Å². The Bertz CT molecular complexity index is 598. The van der Waals surface area contributed by atoms with Crippen LogP contribution in [0.4, 0.5) is 0 Å². The second-order valence-electron chi connectivity index (χ2n) is 6.34. The van der Waals surface area contributed by atoms with E-state index in [4.69, 9.17) is 0 Å². The highest BCUT2D eigenvalue weighted by atomic mass is 16.2. The van der Waals surface area contributed by atoms with Gasteiger partial charge in [-0.2, -0.15) is 0 Å². The molecule has 22 heavy (non-hydrogen) atoms. The van der Waals surface area contributed by atoms with E-state index in [0.717, 1.165) is 11.3 Å². The fourth-order valence-electron chi connectivity index (χ4n) is 2.09. The van der Waals surface area contributed by atoms with Crippen molar-refractivity contribution in [2.45, 2.75) is 39.3 Å². The first-order valence-corrected chi connectivity index (χ1v) is 7.36. The second kappa shape index (κ2) is 6.70. The number of hydrogen-bond acceptors (Lipinski definition) is 4. The summed E-state index contributed by atoms with van der Waals surface area (Å²) in [5.74, 6) is -0.00131. The summed E-state index contributed by atoms with van der Waals surface area (Å²) < 4.78 is 1.71. The van der Waals surface area contributed by atoms with Crippen LogP contribution >= 0.6 is 0 Å². The molecule has 0 spiro atoms. The third-order valence-electron chi connectivity index (χ3n) is 3.16. The largest absolute Gasteiger partial charge is 0.350 e. The Balaban J connectivity index is 1.90. The van der Waals surface area contributed by atoms with Crippen molar-refractivity contribution in [1.29, 1.82) is 0 Å². The Labute approximate surface area is 130 Å². The van der Waals surface area contributed by atoms with Gasteiger partial charge < -0.3 is 10.6 Å². The van der Waals surface area contributed by atoms with E-state index in [9.17, 15) is 4.79 Å². The zero-order valence-electron chi connectivity index (χ0n) is 13.5. The number of benzene rings is 1. The molecule has 118 valence electrons. The summed E-state index contributed by atoms with van der Waals surface area (Å²) in [6, 6.07) is 8.11. The Morgan fingerprint density at radius 3 is 2.50 bits per heavy atom. The van der Waals surface area contributed by atoms with E-state index in [1.54, 1.807) is 17.1 Å². The molecule has 6 nitrogen and oxygen atoms in total. The molecule has 1 aromatic carbocycles. The lowest BCUT2D eigenvalue weighted by atomic mass is 10.1. The molecule has 0 fully saturated rings. The first kappa shape index (κ1) is 16.2. The van der Waals surface area contributed by atoms with Gasteiger partial charge in [-0.15, -0.1) is 5.10 Å². The molecule has 2 rings (SSSR count). The fourth-order valence-corrected chi connectivity index (χ4v) is 2.09. The van der Waals surface area contributed by atoms with Crippen LogP contribution in [0.1, 0.15) is 39.3 Å². The minimum absolute atomic E-state index is 0.00131.